The van der Waals surface area contributed by atoms with Crippen molar-refractivity contribution < 1.29 is 4.79 Å². The van der Waals surface area contributed by atoms with Gasteiger partial charge in [0, 0.05) is 27.9 Å². The van der Waals surface area contributed by atoms with Crippen LogP contribution in [-0.2, 0) is 11.2 Å². The van der Waals surface area contributed by atoms with Gasteiger partial charge in [0.1, 0.15) is 0 Å². The summed E-state index contributed by atoms with van der Waals surface area (Å²) in [6, 6.07) is 5.80. The molecule has 2 unspecified atom stereocenters. The van der Waals surface area contributed by atoms with E-state index < -0.39 is 0 Å². The highest BCUT2D eigenvalue weighted by atomic mass is 32.1. The molecule has 2 N–H and O–H groups in total. The Bertz CT molecular complexity index is 431. The van der Waals surface area contributed by atoms with Gasteiger partial charge in [-0.1, -0.05) is 0 Å². The minimum Gasteiger partial charge on any atom is -0.353 e. The first kappa shape index (κ1) is 12.2. The van der Waals surface area contributed by atoms with Gasteiger partial charge in [0.25, 0.3) is 0 Å². The quantitative estimate of drug-likeness (QED) is 0.876. The molecule has 2 saturated heterocycles. The van der Waals surface area contributed by atoms with Crippen LogP contribution in [0, 0.1) is 6.92 Å². The SMILES string of the molecule is Cc1ccc(CC(=O)NC2CC3CCC(C2)N3)s1. The summed E-state index contributed by atoms with van der Waals surface area (Å²) in [4.78, 5) is 14.4. The van der Waals surface area contributed by atoms with Crippen molar-refractivity contribution in [1.29, 1.82) is 0 Å². The minimum atomic E-state index is 0.183. The summed E-state index contributed by atoms with van der Waals surface area (Å²) >= 11 is 1.72. The number of nitrogens with one attached hydrogen (secondary N) is 2. The van der Waals surface area contributed by atoms with E-state index in [9.17, 15) is 4.79 Å². The van der Waals surface area contributed by atoms with Crippen molar-refractivity contribution in [2.24, 2.45) is 0 Å². The summed E-state index contributed by atoms with van der Waals surface area (Å²) in [5.74, 6) is 0.183. The van der Waals surface area contributed by atoms with Gasteiger partial charge >= 0.3 is 0 Å². The molecule has 0 radical (unpaired) electrons. The Labute approximate surface area is 112 Å². The molecule has 0 aromatic carbocycles. The van der Waals surface area contributed by atoms with Crippen LogP contribution in [0.2, 0.25) is 0 Å². The van der Waals surface area contributed by atoms with Gasteiger partial charge in [-0.15, -0.1) is 11.3 Å². The highest BCUT2D eigenvalue weighted by Crippen LogP contribution is 2.26. The lowest BCUT2D eigenvalue weighted by atomic mass is 10.00. The number of hydrogen-bond donors (Lipinski definition) is 2. The van der Waals surface area contributed by atoms with E-state index >= 15 is 0 Å². The van der Waals surface area contributed by atoms with Crippen LogP contribution in [-0.4, -0.2) is 24.0 Å². The molecule has 3 rings (SSSR count). The number of hydrogen-bond acceptors (Lipinski definition) is 3. The lowest BCUT2D eigenvalue weighted by molar-refractivity contribution is -0.121. The second-order valence-electron chi connectivity index (χ2n) is 5.56. The van der Waals surface area contributed by atoms with Crippen LogP contribution in [0.25, 0.3) is 0 Å². The predicted molar refractivity (Wildman–Crippen MR) is 73.9 cm³/mol. The fraction of sp³-hybridized carbons (Fsp3) is 0.643. The van der Waals surface area contributed by atoms with Crippen molar-refractivity contribution >= 4 is 17.2 Å². The number of carbonyl (C=O) groups is 1. The van der Waals surface area contributed by atoms with Gasteiger partial charge in [-0.25, -0.2) is 0 Å². The summed E-state index contributed by atoms with van der Waals surface area (Å²) in [6.07, 6.45) is 5.30. The van der Waals surface area contributed by atoms with Crippen LogP contribution in [0.15, 0.2) is 12.1 Å². The molecule has 1 aromatic heterocycles. The lowest BCUT2D eigenvalue weighted by Crippen LogP contribution is -2.48. The average molecular weight is 264 g/mol. The van der Waals surface area contributed by atoms with Crippen molar-refractivity contribution in [2.45, 2.75) is 57.2 Å². The number of amides is 1. The standard InChI is InChI=1S/C14H20N2OS/c1-9-2-5-13(18-9)8-14(17)16-12-6-10-3-4-11(7-12)15-10/h2,5,10-12,15H,3-4,6-8H2,1H3,(H,16,17). The fourth-order valence-corrected chi connectivity index (χ4v) is 4.08. The molecular weight excluding hydrogens is 244 g/mol. The molecule has 4 heteroatoms. The molecule has 1 amide bonds. The Morgan fingerprint density at radius 3 is 2.72 bits per heavy atom. The van der Waals surface area contributed by atoms with E-state index in [2.05, 4.69) is 29.7 Å². The molecule has 2 atom stereocenters. The Hall–Kier alpha value is -0.870. The summed E-state index contributed by atoms with van der Waals surface area (Å²) < 4.78 is 0. The smallest absolute Gasteiger partial charge is 0.225 e. The zero-order valence-electron chi connectivity index (χ0n) is 10.7. The van der Waals surface area contributed by atoms with E-state index in [4.69, 9.17) is 0 Å². The maximum absolute atomic E-state index is 12.0. The summed E-state index contributed by atoms with van der Waals surface area (Å²) in [6.45, 7) is 2.08. The Balaban J connectivity index is 1.52. The normalized spacial score (nSPS) is 30.4. The largest absolute Gasteiger partial charge is 0.353 e. The van der Waals surface area contributed by atoms with E-state index in [1.807, 2.05) is 0 Å². The average Bonchev–Trinajstić information content (AvgIpc) is 2.85. The van der Waals surface area contributed by atoms with Gasteiger partial charge in [0.2, 0.25) is 5.91 Å². The third-order valence-corrected chi connectivity index (χ3v) is 4.97. The van der Waals surface area contributed by atoms with Gasteiger partial charge < -0.3 is 10.6 Å². The first-order chi connectivity index (χ1) is 8.69. The summed E-state index contributed by atoms with van der Waals surface area (Å²) in [7, 11) is 0. The maximum atomic E-state index is 12.0. The summed E-state index contributed by atoms with van der Waals surface area (Å²) in [5, 5.41) is 6.80. The number of rotatable bonds is 3. The topological polar surface area (TPSA) is 41.1 Å². The highest BCUT2D eigenvalue weighted by molar-refractivity contribution is 7.12. The van der Waals surface area contributed by atoms with Crippen LogP contribution < -0.4 is 10.6 Å². The van der Waals surface area contributed by atoms with E-state index in [1.54, 1.807) is 11.3 Å². The fourth-order valence-electron chi connectivity index (χ4n) is 3.19. The molecule has 98 valence electrons. The zero-order chi connectivity index (χ0) is 12.5. The van der Waals surface area contributed by atoms with Gasteiger partial charge in [0.05, 0.1) is 6.42 Å². The van der Waals surface area contributed by atoms with E-state index in [0.717, 1.165) is 12.8 Å². The molecule has 0 aliphatic carbocycles. The molecule has 2 fully saturated rings. The van der Waals surface area contributed by atoms with E-state index in [0.29, 0.717) is 24.5 Å². The van der Waals surface area contributed by atoms with Gasteiger partial charge in [-0.05, 0) is 44.7 Å². The van der Waals surface area contributed by atoms with Crippen LogP contribution in [0.3, 0.4) is 0 Å². The second-order valence-corrected chi connectivity index (χ2v) is 6.94. The van der Waals surface area contributed by atoms with E-state index in [-0.39, 0.29) is 5.91 Å². The molecule has 2 aliphatic heterocycles. The molecule has 18 heavy (non-hydrogen) atoms. The van der Waals surface area contributed by atoms with Crippen molar-refractivity contribution in [3.63, 3.8) is 0 Å². The third-order valence-electron chi connectivity index (χ3n) is 3.97. The van der Waals surface area contributed by atoms with Gasteiger partial charge in [0.15, 0.2) is 0 Å². The van der Waals surface area contributed by atoms with Crippen LogP contribution >= 0.6 is 11.3 Å². The van der Waals surface area contributed by atoms with Crippen molar-refractivity contribution in [1.82, 2.24) is 10.6 Å². The van der Waals surface area contributed by atoms with Crippen molar-refractivity contribution in [3.05, 3.63) is 21.9 Å². The van der Waals surface area contributed by atoms with Crippen LogP contribution in [0.1, 0.15) is 35.4 Å². The minimum absolute atomic E-state index is 0.183. The van der Waals surface area contributed by atoms with Crippen LogP contribution in [0.4, 0.5) is 0 Å². The van der Waals surface area contributed by atoms with Gasteiger partial charge in [-0.2, -0.15) is 0 Å². The second kappa shape index (κ2) is 5.02. The zero-order valence-corrected chi connectivity index (χ0v) is 11.6. The summed E-state index contributed by atoms with van der Waals surface area (Å²) in [5.41, 5.74) is 0. The number of aryl methyl sites for hydroxylation is 1. The molecule has 0 spiro atoms. The first-order valence-electron chi connectivity index (χ1n) is 6.80. The molecule has 0 saturated carbocycles. The molecular formula is C14H20N2OS. The highest BCUT2D eigenvalue weighted by Gasteiger charge is 2.33. The Kier molecular flexibility index (Phi) is 3.39. The number of piperidine rings is 1. The monoisotopic (exact) mass is 264 g/mol. The number of fused-ring (bicyclic) bond motifs is 2. The molecule has 2 bridgehead atoms. The first-order valence-corrected chi connectivity index (χ1v) is 7.61. The van der Waals surface area contributed by atoms with Crippen molar-refractivity contribution in [2.75, 3.05) is 0 Å². The Morgan fingerprint density at radius 2 is 2.11 bits per heavy atom. The number of carbonyl (C=O) groups excluding carboxylic acids is 1. The Morgan fingerprint density at radius 1 is 1.39 bits per heavy atom. The van der Waals surface area contributed by atoms with E-state index in [1.165, 1.54) is 22.6 Å². The lowest BCUT2D eigenvalue weighted by Gasteiger charge is -2.29. The van der Waals surface area contributed by atoms with Crippen molar-refractivity contribution in [3.8, 4) is 0 Å². The van der Waals surface area contributed by atoms with Gasteiger partial charge in [-0.3, -0.25) is 4.79 Å². The molecule has 1 aromatic rings. The molecule has 2 aliphatic rings. The third kappa shape index (κ3) is 2.75. The molecule has 3 heterocycles. The number of thiophene rings is 1. The molecule has 3 nitrogen and oxygen atoms in total. The van der Waals surface area contributed by atoms with Crippen LogP contribution in [0.5, 0.6) is 0 Å². The maximum Gasteiger partial charge on any atom is 0.225 e. The predicted octanol–water partition coefficient (Wildman–Crippen LogP) is 2.00.